The molecule has 2 aromatic carbocycles. The summed E-state index contributed by atoms with van der Waals surface area (Å²) in [6.07, 6.45) is 0. The van der Waals surface area contributed by atoms with Gasteiger partial charge in [0, 0.05) is 25.2 Å². The smallest absolute Gasteiger partial charge is 0.104 e. The zero-order chi connectivity index (χ0) is 13.2. The van der Waals surface area contributed by atoms with Gasteiger partial charge in [-0.1, -0.05) is 60.7 Å². The van der Waals surface area contributed by atoms with Gasteiger partial charge in [0.25, 0.3) is 0 Å². The highest BCUT2D eigenvalue weighted by Crippen LogP contribution is 2.24. The highest BCUT2D eigenvalue weighted by molar-refractivity contribution is 7.80. The molecule has 3 rings (SSSR count). The standard InChI is InChI=1S/C16H16N2S/c17-16(19)15-8-4-3-7-14(15)11-18-9-12-5-1-2-6-13(12)10-18/h1-8H,9-11H2,(H2,17,19). The summed E-state index contributed by atoms with van der Waals surface area (Å²) < 4.78 is 0. The maximum atomic E-state index is 5.79. The van der Waals surface area contributed by atoms with Crippen LogP contribution in [0.2, 0.25) is 0 Å². The van der Waals surface area contributed by atoms with Gasteiger partial charge in [0.2, 0.25) is 0 Å². The first kappa shape index (κ1) is 12.3. The van der Waals surface area contributed by atoms with E-state index in [1.54, 1.807) is 0 Å². The van der Waals surface area contributed by atoms with Gasteiger partial charge in [0.05, 0.1) is 0 Å². The second kappa shape index (κ2) is 5.11. The molecule has 1 aliphatic heterocycles. The molecule has 0 amide bonds. The van der Waals surface area contributed by atoms with Gasteiger partial charge >= 0.3 is 0 Å². The van der Waals surface area contributed by atoms with Gasteiger partial charge in [-0.2, -0.15) is 0 Å². The van der Waals surface area contributed by atoms with Gasteiger partial charge in [-0.3, -0.25) is 4.90 Å². The van der Waals surface area contributed by atoms with E-state index in [0.29, 0.717) is 4.99 Å². The minimum atomic E-state index is 0.479. The summed E-state index contributed by atoms with van der Waals surface area (Å²) in [7, 11) is 0. The molecule has 96 valence electrons. The molecule has 1 heterocycles. The van der Waals surface area contributed by atoms with Crippen molar-refractivity contribution < 1.29 is 0 Å². The summed E-state index contributed by atoms with van der Waals surface area (Å²) in [5.41, 5.74) is 10.8. The Kier molecular flexibility index (Phi) is 3.32. The van der Waals surface area contributed by atoms with Crippen LogP contribution in [-0.4, -0.2) is 9.89 Å². The molecule has 2 N–H and O–H groups in total. The predicted molar refractivity (Wildman–Crippen MR) is 81.7 cm³/mol. The predicted octanol–water partition coefficient (Wildman–Crippen LogP) is 2.84. The van der Waals surface area contributed by atoms with E-state index in [-0.39, 0.29) is 0 Å². The van der Waals surface area contributed by atoms with E-state index < -0.39 is 0 Å². The Morgan fingerprint density at radius 1 is 1.00 bits per heavy atom. The van der Waals surface area contributed by atoms with Crippen molar-refractivity contribution in [1.29, 1.82) is 0 Å². The number of hydrogen-bond acceptors (Lipinski definition) is 2. The quantitative estimate of drug-likeness (QED) is 0.868. The monoisotopic (exact) mass is 268 g/mol. The number of nitrogens with zero attached hydrogens (tertiary/aromatic N) is 1. The molecule has 0 atom stereocenters. The van der Waals surface area contributed by atoms with Crippen LogP contribution in [0.3, 0.4) is 0 Å². The lowest BCUT2D eigenvalue weighted by molar-refractivity contribution is 0.275. The van der Waals surface area contributed by atoms with Crippen molar-refractivity contribution in [3.8, 4) is 0 Å². The minimum Gasteiger partial charge on any atom is -0.389 e. The maximum Gasteiger partial charge on any atom is 0.104 e. The maximum absolute atomic E-state index is 5.79. The molecule has 2 aromatic rings. The molecule has 0 saturated heterocycles. The van der Waals surface area contributed by atoms with Gasteiger partial charge in [-0.15, -0.1) is 0 Å². The fourth-order valence-electron chi connectivity index (χ4n) is 2.65. The van der Waals surface area contributed by atoms with Crippen LogP contribution in [-0.2, 0) is 19.6 Å². The molecule has 0 aromatic heterocycles. The minimum absolute atomic E-state index is 0.479. The Morgan fingerprint density at radius 3 is 2.21 bits per heavy atom. The lowest BCUT2D eigenvalue weighted by Gasteiger charge is -2.17. The van der Waals surface area contributed by atoms with E-state index >= 15 is 0 Å². The normalized spacial score (nSPS) is 14.3. The number of rotatable bonds is 3. The SMILES string of the molecule is NC(=S)c1ccccc1CN1Cc2ccccc2C1. The van der Waals surface area contributed by atoms with Crippen molar-refractivity contribution in [2.75, 3.05) is 0 Å². The molecule has 2 nitrogen and oxygen atoms in total. The van der Waals surface area contributed by atoms with E-state index in [1.165, 1.54) is 16.7 Å². The van der Waals surface area contributed by atoms with Gasteiger partial charge in [-0.05, 0) is 16.7 Å². The Hall–Kier alpha value is -1.71. The van der Waals surface area contributed by atoms with Crippen LogP contribution in [0.1, 0.15) is 22.3 Å². The largest absolute Gasteiger partial charge is 0.389 e. The molecule has 0 radical (unpaired) electrons. The lowest BCUT2D eigenvalue weighted by atomic mass is 10.1. The molecule has 0 spiro atoms. The number of nitrogens with two attached hydrogens (primary N) is 1. The third-order valence-electron chi connectivity index (χ3n) is 3.58. The Labute approximate surface area is 118 Å². The fourth-order valence-corrected chi connectivity index (χ4v) is 2.85. The van der Waals surface area contributed by atoms with Gasteiger partial charge in [0.1, 0.15) is 4.99 Å². The van der Waals surface area contributed by atoms with E-state index in [0.717, 1.165) is 25.2 Å². The summed E-state index contributed by atoms with van der Waals surface area (Å²) in [5, 5.41) is 0. The van der Waals surface area contributed by atoms with Crippen LogP contribution >= 0.6 is 12.2 Å². The lowest BCUT2D eigenvalue weighted by Crippen LogP contribution is -2.19. The topological polar surface area (TPSA) is 29.3 Å². The molecule has 19 heavy (non-hydrogen) atoms. The van der Waals surface area contributed by atoms with Crippen LogP contribution in [0, 0.1) is 0 Å². The second-order valence-electron chi connectivity index (χ2n) is 4.94. The summed E-state index contributed by atoms with van der Waals surface area (Å²) in [5.74, 6) is 0. The summed E-state index contributed by atoms with van der Waals surface area (Å²) in [6, 6.07) is 16.7. The first-order valence-corrected chi connectivity index (χ1v) is 6.82. The molecule has 0 unspecified atom stereocenters. The highest BCUT2D eigenvalue weighted by Gasteiger charge is 2.19. The van der Waals surface area contributed by atoms with Crippen molar-refractivity contribution in [3.05, 3.63) is 70.8 Å². The van der Waals surface area contributed by atoms with E-state index in [2.05, 4.69) is 35.2 Å². The van der Waals surface area contributed by atoms with E-state index in [4.69, 9.17) is 18.0 Å². The zero-order valence-corrected chi connectivity index (χ0v) is 11.5. The zero-order valence-electron chi connectivity index (χ0n) is 10.7. The Morgan fingerprint density at radius 2 is 1.58 bits per heavy atom. The third kappa shape index (κ3) is 2.53. The van der Waals surface area contributed by atoms with Crippen LogP contribution in [0.4, 0.5) is 0 Å². The molecular formula is C16H16N2S. The molecular weight excluding hydrogens is 252 g/mol. The summed E-state index contributed by atoms with van der Waals surface area (Å²) in [4.78, 5) is 2.90. The Balaban J connectivity index is 1.80. The highest BCUT2D eigenvalue weighted by atomic mass is 32.1. The fraction of sp³-hybridized carbons (Fsp3) is 0.188. The van der Waals surface area contributed by atoms with Crippen molar-refractivity contribution in [1.82, 2.24) is 4.90 Å². The number of benzene rings is 2. The summed E-state index contributed by atoms with van der Waals surface area (Å²) >= 11 is 5.12. The molecule has 0 aliphatic carbocycles. The number of fused-ring (bicyclic) bond motifs is 1. The van der Waals surface area contributed by atoms with Crippen LogP contribution in [0.25, 0.3) is 0 Å². The van der Waals surface area contributed by atoms with Gasteiger partial charge < -0.3 is 5.73 Å². The first-order chi connectivity index (χ1) is 9.24. The average molecular weight is 268 g/mol. The molecule has 0 saturated carbocycles. The second-order valence-corrected chi connectivity index (χ2v) is 5.38. The van der Waals surface area contributed by atoms with Crippen molar-refractivity contribution in [2.24, 2.45) is 5.73 Å². The number of thiocarbonyl (C=S) groups is 1. The third-order valence-corrected chi connectivity index (χ3v) is 3.80. The van der Waals surface area contributed by atoms with Crippen LogP contribution in [0.5, 0.6) is 0 Å². The van der Waals surface area contributed by atoms with Gasteiger partial charge in [0.15, 0.2) is 0 Å². The first-order valence-electron chi connectivity index (χ1n) is 6.41. The van der Waals surface area contributed by atoms with Crippen molar-refractivity contribution in [3.63, 3.8) is 0 Å². The summed E-state index contributed by atoms with van der Waals surface area (Å²) in [6.45, 7) is 2.89. The van der Waals surface area contributed by atoms with Crippen molar-refractivity contribution >= 4 is 17.2 Å². The number of hydrogen-bond donors (Lipinski definition) is 1. The molecule has 1 aliphatic rings. The van der Waals surface area contributed by atoms with E-state index in [1.807, 2.05) is 18.2 Å². The van der Waals surface area contributed by atoms with Gasteiger partial charge in [-0.25, -0.2) is 0 Å². The van der Waals surface area contributed by atoms with E-state index in [9.17, 15) is 0 Å². The Bertz CT molecular complexity index is 597. The molecule has 3 heteroatoms. The van der Waals surface area contributed by atoms with Crippen LogP contribution < -0.4 is 5.73 Å². The van der Waals surface area contributed by atoms with Crippen molar-refractivity contribution in [2.45, 2.75) is 19.6 Å². The molecule has 0 fully saturated rings. The molecule has 0 bridgehead atoms. The average Bonchev–Trinajstić information content (AvgIpc) is 2.81. The van der Waals surface area contributed by atoms with Crippen LogP contribution in [0.15, 0.2) is 48.5 Å².